The van der Waals surface area contributed by atoms with Crippen LogP contribution in [0.3, 0.4) is 0 Å². The van der Waals surface area contributed by atoms with E-state index < -0.39 is 0 Å². The van der Waals surface area contributed by atoms with Gasteiger partial charge >= 0.3 is 0 Å². The van der Waals surface area contributed by atoms with Gasteiger partial charge in [-0.05, 0) is 86.9 Å². The Morgan fingerprint density at radius 1 is 0.286 bits per heavy atom. The lowest BCUT2D eigenvalue weighted by Crippen LogP contribution is -2.14. The number of fused-ring (bicyclic) bond motifs is 4. The maximum atomic E-state index is 3.97. The van der Waals surface area contributed by atoms with Gasteiger partial charge < -0.3 is 9.80 Å². The average Bonchev–Trinajstić information content (AvgIpc) is 3.15. The summed E-state index contributed by atoms with van der Waals surface area (Å²) in [7, 11) is 0. The van der Waals surface area contributed by atoms with Gasteiger partial charge in [0.05, 0.1) is 11.4 Å². The van der Waals surface area contributed by atoms with Crippen LogP contribution in [0.15, 0.2) is 193 Å². The molecule has 0 bridgehead atoms. The van der Waals surface area contributed by atoms with E-state index in [4.69, 9.17) is 0 Å². The zero-order valence-corrected chi connectivity index (χ0v) is 28.3. The average molecular weight is 692 g/mol. The topological polar surface area (TPSA) is 6.48 Å². The van der Waals surface area contributed by atoms with E-state index in [0.717, 1.165) is 38.6 Å². The molecule has 49 heavy (non-hydrogen) atoms. The Hall–Kier alpha value is -5.90. The number of benzene rings is 9. The molecule has 0 atom stereocenters. The van der Waals surface area contributed by atoms with Crippen molar-refractivity contribution in [2.45, 2.75) is 0 Å². The summed E-state index contributed by atoms with van der Waals surface area (Å²) in [4.78, 5) is 4.79. The Labute approximate surface area is 294 Å². The lowest BCUT2D eigenvalue weighted by Gasteiger charge is -2.31. The molecule has 9 rings (SSSR count). The molecule has 0 heterocycles. The molecule has 0 aliphatic heterocycles. The monoisotopic (exact) mass is 690 g/mol. The quantitative estimate of drug-likeness (QED) is 0.171. The molecule has 3 heteroatoms. The first-order valence-corrected chi connectivity index (χ1v) is 17.3. The van der Waals surface area contributed by atoms with Gasteiger partial charge in [0.25, 0.3) is 0 Å². The second-order valence-corrected chi connectivity index (χ2v) is 13.3. The van der Waals surface area contributed by atoms with Gasteiger partial charge in [-0.3, -0.25) is 0 Å². The van der Waals surface area contributed by atoms with E-state index in [1.807, 2.05) is 0 Å². The lowest BCUT2D eigenvalue weighted by molar-refractivity contribution is 1.26. The SMILES string of the molecule is Brc1cc(N(c2ccc3ccccc3c2)c2ccc3ccccc3c2)cc(N(c2cccc3ccccc23)c2cccc3ccccc23)c1. The number of hydrogen-bond donors (Lipinski definition) is 0. The molecule has 232 valence electrons. The highest BCUT2D eigenvalue weighted by Crippen LogP contribution is 2.46. The van der Waals surface area contributed by atoms with E-state index in [2.05, 4.69) is 214 Å². The normalized spacial score (nSPS) is 11.4. The van der Waals surface area contributed by atoms with Crippen molar-refractivity contribution in [3.05, 3.63) is 193 Å². The number of nitrogens with zero attached hydrogens (tertiary/aromatic N) is 2. The maximum Gasteiger partial charge on any atom is 0.0540 e. The van der Waals surface area contributed by atoms with Crippen molar-refractivity contribution in [3.63, 3.8) is 0 Å². The van der Waals surface area contributed by atoms with Crippen LogP contribution in [0, 0.1) is 0 Å². The van der Waals surface area contributed by atoms with Crippen LogP contribution in [-0.4, -0.2) is 0 Å². The fourth-order valence-corrected chi connectivity index (χ4v) is 7.58. The number of hydrogen-bond acceptors (Lipinski definition) is 2. The molecular formula is C46H31BrN2. The number of anilines is 6. The van der Waals surface area contributed by atoms with Gasteiger partial charge in [-0.2, -0.15) is 0 Å². The Morgan fingerprint density at radius 3 is 1.20 bits per heavy atom. The molecule has 0 amide bonds. The smallest absolute Gasteiger partial charge is 0.0540 e. The zero-order chi connectivity index (χ0) is 32.7. The van der Waals surface area contributed by atoms with E-state index in [1.165, 1.54) is 43.1 Å². The predicted molar refractivity (Wildman–Crippen MR) is 214 cm³/mol. The maximum absolute atomic E-state index is 3.97. The van der Waals surface area contributed by atoms with Crippen molar-refractivity contribution in [1.82, 2.24) is 0 Å². The third kappa shape index (κ3) is 5.39. The molecule has 0 aromatic heterocycles. The standard InChI is InChI=1S/C46H31BrN2/c47-38-29-41(48(39-25-23-32-11-1-3-15-36(32)27-39)40-26-24-33-12-2-4-16-37(33)28-40)31-42(30-38)49(45-21-9-17-34-13-5-7-19-43(34)45)46-22-10-18-35-14-6-8-20-44(35)46/h1-31H. The van der Waals surface area contributed by atoms with Gasteiger partial charge in [0.15, 0.2) is 0 Å². The molecule has 0 fully saturated rings. The minimum atomic E-state index is 0.997. The molecule has 2 nitrogen and oxygen atoms in total. The van der Waals surface area contributed by atoms with E-state index >= 15 is 0 Å². The van der Waals surface area contributed by atoms with Gasteiger partial charge in [-0.25, -0.2) is 0 Å². The fraction of sp³-hybridized carbons (Fsp3) is 0. The number of rotatable bonds is 6. The van der Waals surface area contributed by atoms with Crippen molar-refractivity contribution < 1.29 is 0 Å². The van der Waals surface area contributed by atoms with Crippen LogP contribution >= 0.6 is 15.9 Å². The van der Waals surface area contributed by atoms with Crippen LogP contribution in [0.4, 0.5) is 34.1 Å². The molecule has 0 aliphatic rings. The van der Waals surface area contributed by atoms with Gasteiger partial charge in [-0.15, -0.1) is 0 Å². The minimum absolute atomic E-state index is 0.997. The molecule has 9 aromatic carbocycles. The van der Waals surface area contributed by atoms with Gasteiger partial charge in [-0.1, -0.05) is 149 Å². The van der Waals surface area contributed by atoms with Crippen LogP contribution < -0.4 is 9.80 Å². The van der Waals surface area contributed by atoms with Crippen LogP contribution in [-0.2, 0) is 0 Å². The van der Waals surface area contributed by atoms with E-state index in [9.17, 15) is 0 Å². The first kappa shape index (κ1) is 29.3. The first-order chi connectivity index (χ1) is 24.2. The Morgan fingerprint density at radius 2 is 0.694 bits per heavy atom. The largest absolute Gasteiger partial charge is 0.310 e. The summed E-state index contributed by atoms with van der Waals surface area (Å²) in [6.45, 7) is 0. The summed E-state index contributed by atoms with van der Waals surface area (Å²) < 4.78 is 0.997. The summed E-state index contributed by atoms with van der Waals surface area (Å²) in [5.74, 6) is 0. The van der Waals surface area contributed by atoms with Gasteiger partial charge in [0.1, 0.15) is 0 Å². The Kier molecular flexibility index (Phi) is 7.33. The van der Waals surface area contributed by atoms with Crippen LogP contribution in [0.1, 0.15) is 0 Å². The second-order valence-electron chi connectivity index (χ2n) is 12.4. The summed E-state index contributed by atoms with van der Waals surface area (Å²) in [6, 6.07) is 67.8. The first-order valence-electron chi connectivity index (χ1n) is 16.5. The fourth-order valence-electron chi connectivity index (χ4n) is 7.11. The minimum Gasteiger partial charge on any atom is -0.310 e. The zero-order valence-electron chi connectivity index (χ0n) is 26.7. The molecule has 0 saturated heterocycles. The van der Waals surface area contributed by atoms with Crippen molar-refractivity contribution >= 4 is 93.1 Å². The molecule has 0 saturated carbocycles. The van der Waals surface area contributed by atoms with Crippen LogP contribution in [0.5, 0.6) is 0 Å². The van der Waals surface area contributed by atoms with E-state index in [0.29, 0.717) is 0 Å². The third-order valence-electron chi connectivity index (χ3n) is 9.38. The van der Waals surface area contributed by atoms with Crippen molar-refractivity contribution in [1.29, 1.82) is 0 Å². The highest BCUT2D eigenvalue weighted by molar-refractivity contribution is 9.10. The molecule has 0 unspecified atom stereocenters. The molecule has 0 radical (unpaired) electrons. The molecular weight excluding hydrogens is 660 g/mol. The van der Waals surface area contributed by atoms with Crippen molar-refractivity contribution in [2.24, 2.45) is 0 Å². The summed E-state index contributed by atoms with van der Waals surface area (Å²) >= 11 is 3.97. The van der Waals surface area contributed by atoms with Crippen molar-refractivity contribution in [3.8, 4) is 0 Å². The summed E-state index contributed by atoms with van der Waals surface area (Å²) in [5, 5.41) is 9.64. The van der Waals surface area contributed by atoms with E-state index in [1.54, 1.807) is 0 Å². The van der Waals surface area contributed by atoms with Gasteiger partial charge in [0, 0.05) is 38.0 Å². The Balaban J connectivity index is 1.31. The molecule has 0 N–H and O–H groups in total. The van der Waals surface area contributed by atoms with Gasteiger partial charge in [0.2, 0.25) is 0 Å². The highest BCUT2D eigenvalue weighted by atomic mass is 79.9. The van der Waals surface area contributed by atoms with Crippen molar-refractivity contribution in [2.75, 3.05) is 9.80 Å². The van der Waals surface area contributed by atoms with E-state index in [-0.39, 0.29) is 0 Å². The molecule has 0 aliphatic carbocycles. The van der Waals surface area contributed by atoms with Crippen LogP contribution in [0.2, 0.25) is 0 Å². The summed E-state index contributed by atoms with van der Waals surface area (Å²) in [6.07, 6.45) is 0. The third-order valence-corrected chi connectivity index (χ3v) is 9.84. The Bertz CT molecular complexity index is 2490. The molecule has 9 aromatic rings. The second kappa shape index (κ2) is 12.3. The predicted octanol–water partition coefficient (Wildman–Crippen LogP) is 14.0. The summed E-state index contributed by atoms with van der Waals surface area (Å²) in [5.41, 5.74) is 6.56. The van der Waals surface area contributed by atoms with Crippen LogP contribution in [0.25, 0.3) is 43.1 Å². The number of halogens is 1. The highest BCUT2D eigenvalue weighted by Gasteiger charge is 2.21. The lowest BCUT2D eigenvalue weighted by atomic mass is 10.0. The molecule has 0 spiro atoms.